The van der Waals surface area contributed by atoms with Crippen molar-refractivity contribution >= 4 is 39.3 Å². The van der Waals surface area contributed by atoms with Gasteiger partial charge in [0.2, 0.25) is 0 Å². The summed E-state index contributed by atoms with van der Waals surface area (Å²) in [5.74, 6) is -1.49. The van der Waals surface area contributed by atoms with E-state index in [9.17, 15) is 14.7 Å². The van der Waals surface area contributed by atoms with Crippen molar-refractivity contribution in [2.75, 3.05) is 0 Å². The molecule has 0 saturated carbocycles. The minimum absolute atomic E-state index is 0.0675. The van der Waals surface area contributed by atoms with Gasteiger partial charge in [0.15, 0.2) is 11.9 Å². The molecular weight excluding hydrogens is 323 g/mol. The lowest BCUT2D eigenvalue weighted by atomic mass is 9.98. The molecule has 0 aliphatic heterocycles. The molecular formula is C12H12BrClO4. The predicted octanol–water partition coefficient (Wildman–Crippen LogP) is 2.51. The molecule has 6 heteroatoms. The number of hydrogen-bond donors (Lipinski definition) is 2. The van der Waals surface area contributed by atoms with E-state index in [1.165, 1.54) is 6.07 Å². The molecule has 0 radical (unpaired) electrons. The van der Waals surface area contributed by atoms with Crippen LogP contribution in [0.3, 0.4) is 0 Å². The highest BCUT2D eigenvalue weighted by atomic mass is 79.9. The number of carbonyl (C=O) groups excluding carboxylic acids is 1. The van der Waals surface area contributed by atoms with Crippen molar-refractivity contribution in [3.05, 3.63) is 34.9 Å². The first-order valence-corrected chi connectivity index (χ1v) is 6.61. The quantitative estimate of drug-likeness (QED) is 0.640. The molecule has 98 valence electrons. The van der Waals surface area contributed by atoms with Crippen molar-refractivity contribution in [2.24, 2.45) is 0 Å². The summed E-state index contributed by atoms with van der Waals surface area (Å²) >= 11 is 8.83. The van der Waals surface area contributed by atoms with Gasteiger partial charge < -0.3 is 10.2 Å². The van der Waals surface area contributed by atoms with E-state index in [1.54, 1.807) is 19.1 Å². The number of rotatable bonds is 5. The predicted molar refractivity (Wildman–Crippen MR) is 71.3 cm³/mol. The Morgan fingerprint density at radius 3 is 2.50 bits per heavy atom. The van der Waals surface area contributed by atoms with Crippen LogP contribution in [0.1, 0.15) is 34.5 Å². The van der Waals surface area contributed by atoms with E-state index in [-0.39, 0.29) is 22.1 Å². The van der Waals surface area contributed by atoms with Crippen LogP contribution in [0.4, 0.5) is 0 Å². The first-order chi connectivity index (χ1) is 8.38. The van der Waals surface area contributed by atoms with Crippen molar-refractivity contribution in [2.45, 2.75) is 23.7 Å². The van der Waals surface area contributed by atoms with Gasteiger partial charge in [0, 0.05) is 11.4 Å². The van der Waals surface area contributed by atoms with Crippen LogP contribution in [0, 0.1) is 0 Å². The van der Waals surface area contributed by atoms with Crippen molar-refractivity contribution in [1.29, 1.82) is 0 Å². The van der Waals surface area contributed by atoms with Crippen LogP contribution in [0.5, 0.6) is 0 Å². The highest BCUT2D eigenvalue weighted by Gasteiger charge is 2.21. The number of aliphatic hydroxyl groups is 1. The fourth-order valence-corrected chi connectivity index (χ4v) is 1.99. The third-order valence-electron chi connectivity index (χ3n) is 2.46. The van der Waals surface area contributed by atoms with E-state index in [2.05, 4.69) is 15.9 Å². The standard InChI is InChI=1S/C12H12BrClO4/c1-6(13)10(15)7-2-3-8(5-14)9(4-7)11(16)12(17)18/h2-4,6,11,16H,5H2,1H3,(H,17,18). The molecule has 2 unspecified atom stereocenters. The Labute approximate surface area is 118 Å². The second-order valence-electron chi connectivity index (χ2n) is 3.77. The van der Waals surface area contributed by atoms with Crippen LogP contribution in [0.25, 0.3) is 0 Å². The SMILES string of the molecule is CC(Br)C(=O)c1ccc(CCl)c(C(O)C(=O)O)c1. The number of hydrogen-bond acceptors (Lipinski definition) is 3. The largest absolute Gasteiger partial charge is 0.479 e. The maximum absolute atomic E-state index is 11.8. The lowest BCUT2D eigenvalue weighted by Crippen LogP contribution is -2.15. The molecule has 2 atom stereocenters. The molecule has 1 aromatic rings. The second kappa shape index (κ2) is 6.31. The number of aliphatic hydroxyl groups excluding tert-OH is 1. The van der Waals surface area contributed by atoms with E-state index in [1.807, 2.05) is 0 Å². The molecule has 0 spiro atoms. The number of Topliss-reactive ketones (excluding diaryl/α,β-unsaturated/α-hetero) is 1. The van der Waals surface area contributed by atoms with Gasteiger partial charge >= 0.3 is 5.97 Å². The van der Waals surface area contributed by atoms with Crippen LogP contribution in [-0.4, -0.2) is 26.8 Å². The van der Waals surface area contributed by atoms with Gasteiger partial charge in [-0.1, -0.05) is 28.1 Å². The van der Waals surface area contributed by atoms with Crippen molar-refractivity contribution in [3.8, 4) is 0 Å². The van der Waals surface area contributed by atoms with E-state index >= 15 is 0 Å². The average Bonchev–Trinajstić information content (AvgIpc) is 2.35. The van der Waals surface area contributed by atoms with Crippen LogP contribution in [0.2, 0.25) is 0 Å². The highest BCUT2D eigenvalue weighted by molar-refractivity contribution is 9.10. The molecule has 4 nitrogen and oxygen atoms in total. The number of halogens is 2. The number of alkyl halides is 2. The van der Waals surface area contributed by atoms with Crippen molar-refractivity contribution in [3.63, 3.8) is 0 Å². The molecule has 0 bridgehead atoms. The summed E-state index contributed by atoms with van der Waals surface area (Å²) in [5.41, 5.74) is 0.977. The van der Waals surface area contributed by atoms with Gasteiger partial charge in [-0.05, 0) is 24.1 Å². The number of ketones is 1. The zero-order chi connectivity index (χ0) is 13.9. The Balaban J connectivity index is 3.25. The summed E-state index contributed by atoms with van der Waals surface area (Å²) in [6, 6.07) is 4.49. The van der Waals surface area contributed by atoms with Gasteiger partial charge in [-0.3, -0.25) is 4.79 Å². The zero-order valence-electron chi connectivity index (χ0n) is 9.56. The number of carbonyl (C=O) groups is 2. The van der Waals surface area contributed by atoms with Gasteiger partial charge in [-0.25, -0.2) is 4.79 Å². The molecule has 0 amide bonds. The Kier molecular flexibility index (Phi) is 5.31. The van der Waals surface area contributed by atoms with Crippen molar-refractivity contribution < 1.29 is 19.8 Å². The summed E-state index contributed by atoms with van der Waals surface area (Å²) in [4.78, 5) is 22.2. The molecule has 2 N–H and O–H groups in total. The maximum Gasteiger partial charge on any atom is 0.337 e. The molecule has 0 aliphatic rings. The van der Waals surface area contributed by atoms with Crippen LogP contribution < -0.4 is 0 Å². The molecule has 0 heterocycles. The summed E-state index contributed by atoms with van der Waals surface area (Å²) in [7, 11) is 0. The normalized spacial score (nSPS) is 14.0. The minimum atomic E-state index is -1.68. The molecule has 1 rings (SSSR count). The number of aliphatic carboxylic acids is 1. The van der Waals surface area contributed by atoms with E-state index in [4.69, 9.17) is 16.7 Å². The number of benzene rings is 1. The first kappa shape index (κ1) is 15.1. The van der Waals surface area contributed by atoms with Crippen LogP contribution in [0.15, 0.2) is 18.2 Å². The summed E-state index contributed by atoms with van der Waals surface area (Å²) in [6.45, 7) is 1.67. The number of carboxylic acid groups (broad SMARTS) is 1. The monoisotopic (exact) mass is 334 g/mol. The van der Waals surface area contributed by atoms with Gasteiger partial charge in [0.1, 0.15) is 0 Å². The van der Waals surface area contributed by atoms with E-state index < -0.39 is 12.1 Å². The molecule has 0 aromatic heterocycles. The van der Waals surface area contributed by atoms with Gasteiger partial charge in [0.05, 0.1) is 4.83 Å². The smallest absolute Gasteiger partial charge is 0.337 e. The fraction of sp³-hybridized carbons (Fsp3) is 0.333. The van der Waals surface area contributed by atoms with Gasteiger partial charge in [-0.15, -0.1) is 11.6 Å². The Hall–Kier alpha value is -0.910. The average molecular weight is 336 g/mol. The lowest BCUT2D eigenvalue weighted by molar-refractivity contribution is -0.147. The third kappa shape index (κ3) is 3.31. The van der Waals surface area contributed by atoms with Crippen molar-refractivity contribution in [1.82, 2.24) is 0 Å². The Morgan fingerprint density at radius 2 is 2.06 bits per heavy atom. The van der Waals surface area contributed by atoms with Crippen LogP contribution in [-0.2, 0) is 10.7 Å². The first-order valence-electron chi connectivity index (χ1n) is 5.16. The molecule has 0 fully saturated rings. The molecule has 0 saturated heterocycles. The lowest BCUT2D eigenvalue weighted by Gasteiger charge is -2.13. The third-order valence-corrected chi connectivity index (χ3v) is 3.17. The van der Waals surface area contributed by atoms with E-state index in [0.29, 0.717) is 11.1 Å². The topological polar surface area (TPSA) is 74.6 Å². The molecule has 1 aromatic carbocycles. The van der Waals surface area contributed by atoms with Gasteiger partial charge in [-0.2, -0.15) is 0 Å². The maximum atomic E-state index is 11.8. The Bertz CT molecular complexity index is 473. The fourth-order valence-electron chi connectivity index (χ4n) is 1.49. The summed E-state index contributed by atoms with van der Waals surface area (Å²) in [5, 5.41) is 18.4. The highest BCUT2D eigenvalue weighted by Crippen LogP contribution is 2.23. The van der Waals surface area contributed by atoms with E-state index in [0.717, 1.165) is 0 Å². The minimum Gasteiger partial charge on any atom is -0.479 e. The van der Waals surface area contributed by atoms with Crippen LogP contribution >= 0.6 is 27.5 Å². The number of carboxylic acids is 1. The summed E-state index contributed by atoms with van der Waals surface area (Å²) in [6.07, 6.45) is -1.68. The molecule has 0 aliphatic carbocycles. The molecule has 18 heavy (non-hydrogen) atoms. The van der Waals surface area contributed by atoms with Gasteiger partial charge in [0.25, 0.3) is 0 Å². The Morgan fingerprint density at radius 1 is 1.44 bits per heavy atom. The summed E-state index contributed by atoms with van der Waals surface area (Å²) < 4.78 is 0. The second-order valence-corrected chi connectivity index (χ2v) is 5.41. The zero-order valence-corrected chi connectivity index (χ0v) is 11.9.